The summed E-state index contributed by atoms with van der Waals surface area (Å²) in [7, 11) is 0. The maximum Gasteiger partial charge on any atom is 0.272 e. The number of imidazole rings is 1. The number of alkyl halides is 2. The lowest BCUT2D eigenvalue weighted by molar-refractivity contribution is 0.103. The molecule has 4 nitrogen and oxygen atoms in total. The van der Waals surface area contributed by atoms with Crippen molar-refractivity contribution in [1.29, 1.82) is 0 Å². The number of nitrogens with one attached hydrogen (secondary N) is 2. The summed E-state index contributed by atoms with van der Waals surface area (Å²) in [5.41, 5.74) is 0. The molecule has 0 saturated heterocycles. The molecule has 2 N–H and O–H groups in total. The second-order valence-electron chi connectivity index (χ2n) is 2.89. The van der Waals surface area contributed by atoms with Crippen LogP contribution in [0.5, 0.6) is 0 Å². The lowest BCUT2D eigenvalue weighted by Gasteiger charge is -1.97. The van der Waals surface area contributed by atoms with Crippen LogP contribution in [-0.4, -0.2) is 15.9 Å². The van der Waals surface area contributed by atoms with Crippen molar-refractivity contribution in [3.8, 4) is 0 Å². The van der Waals surface area contributed by atoms with Gasteiger partial charge in [-0.25, -0.2) is 13.8 Å². The molecule has 2 aromatic rings. The highest BCUT2D eigenvalue weighted by atomic mass is 32.1. The minimum Gasteiger partial charge on any atom is -0.331 e. The van der Waals surface area contributed by atoms with Crippen LogP contribution in [0.2, 0.25) is 0 Å². The first-order valence-corrected chi connectivity index (χ1v) is 5.17. The third-order valence-corrected chi connectivity index (χ3v) is 2.89. The Hall–Kier alpha value is -1.76. The third kappa shape index (κ3) is 2.25. The molecule has 1 amide bonds. The number of nitrogens with zero attached hydrogens (tertiary/aromatic N) is 1. The molecule has 2 aromatic heterocycles. The van der Waals surface area contributed by atoms with Crippen LogP contribution >= 0.6 is 11.3 Å². The van der Waals surface area contributed by atoms with Crippen molar-refractivity contribution in [3.05, 3.63) is 34.3 Å². The molecule has 0 aliphatic carbocycles. The van der Waals surface area contributed by atoms with Crippen LogP contribution in [0.3, 0.4) is 0 Å². The van der Waals surface area contributed by atoms with Gasteiger partial charge in [0, 0.05) is 12.4 Å². The van der Waals surface area contributed by atoms with Crippen LogP contribution in [0, 0.1) is 0 Å². The summed E-state index contributed by atoms with van der Waals surface area (Å²) in [6.07, 6.45) is 0.485. The summed E-state index contributed by atoms with van der Waals surface area (Å²) in [5, 5.41) is 2.45. The van der Waals surface area contributed by atoms with Gasteiger partial charge < -0.3 is 4.98 Å². The number of amides is 1. The maximum atomic E-state index is 12.3. The zero-order valence-corrected chi connectivity index (χ0v) is 8.72. The SMILES string of the molecule is O=C(Nc1ncc[nH]1)c1ccc(C(F)F)s1. The quantitative estimate of drug-likeness (QED) is 0.870. The molecule has 84 valence electrons. The largest absolute Gasteiger partial charge is 0.331 e. The van der Waals surface area contributed by atoms with E-state index in [1.54, 1.807) is 6.20 Å². The summed E-state index contributed by atoms with van der Waals surface area (Å²) in [5.74, 6) is -0.163. The Morgan fingerprint density at radius 3 is 2.88 bits per heavy atom. The van der Waals surface area contributed by atoms with Crippen LogP contribution in [0.25, 0.3) is 0 Å². The van der Waals surface area contributed by atoms with Gasteiger partial charge in [-0.05, 0) is 12.1 Å². The standard InChI is InChI=1S/C9H7F2N3OS/c10-7(11)5-1-2-6(16-5)8(15)14-9-12-3-4-13-9/h1-4,7H,(H2,12,13,14,15). The Kier molecular flexibility index (Phi) is 2.95. The van der Waals surface area contributed by atoms with Crippen LogP contribution in [-0.2, 0) is 0 Å². The van der Waals surface area contributed by atoms with Gasteiger partial charge in [-0.3, -0.25) is 10.1 Å². The summed E-state index contributed by atoms with van der Waals surface area (Å²) < 4.78 is 24.6. The monoisotopic (exact) mass is 243 g/mol. The molecule has 0 atom stereocenters. The van der Waals surface area contributed by atoms with E-state index >= 15 is 0 Å². The lowest BCUT2D eigenvalue weighted by Crippen LogP contribution is -2.11. The van der Waals surface area contributed by atoms with Gasteiger partial charge in [0.15, 0.2) is 0 Å². The molecule has 0 spiro atoms. The highest BCUT2D eigenvalue weighted by Crippen LogP contribution is 2.27. The smallest absolute Gasteiger partial charge is 0.272 e. The van der Waals surface area contributed by atoms with E-state index in [9.17, 15) is 13.6 Å². The molecule has 7 heteroatoms. The van der Waals surface area contributed by atoms with Crippen LogP contribution in [0.1, 0.15) is 21.0 Å². The number of halogens is 2. The Balaban J connectivity index is 2.09. The normalized spacial score (nSPS) is 10.7. The van der Waals surface area contributed by atoms with Gasteiger partial charge in [0.1, 0.15) is 0 Å². The summed E-state index contributed by atoms with van der Waals surface area (Å²) in [6.45, 7) is 0. The predicted molar refractivity (Wildman–Crippen MR) is 55.8 cm³/mol. The zero-order valence-electron chi connectivity index (χ0n) is 7.91. The van der Waals surface area contributed by atoms with Crippen molar-refractivity contribution in [2.24, 2.45) is 0 Å². The number of carbonyl (C=O) groups excluding carboxylic acids is 1. The van der Waals surface area contributed by atoms with E-state index in [4.69, 9.17) is 0 Å². The van der Waals surface area contributed by atoms with E-state index in [0.29, 0.717) is 0 Å². The van der Waals surface area contributed by atoms with Gasteiger partial charge in [0.25, 0.3) is 12.3 Å². The number of aromatic amines is 1. The topological polar surface area (TPSA) is 57.8 Å². The first-order valence-electron chi connectivity index (χ1n) is 4.35. The second kappa shape index (κ2) is 4.40. The molecule has 2 heterocycles. The van der Waals surface area contributed by atoms with Crippen molar-refractivity contribution in [2.45, 2.75) is 6.43 Å². The van der Waals surface area contributed by atoms with Crippen molar-refractivity contribution in [3.63, 3.8) is 0 Å². The molecule has 0 bridgehead atoms. The number of carbonyl (C=O) groups is 1. The van der Waals surface area contributed by atoms with Crippen molar-refractivity contribution < 1.29 is 13.6 Å². The average molecular weight is 243 g/mol. The van der Waals surface area contributed by atoms with Crippen LogP contribution < -0.4 is 5.32 Å². The van der Waals surface area contributed by atoms with Gasteiger partial charge in [0.05, 0.1) is 9.75 Å². The zero-order chi connectivity index (χ0) is 11.5. The van der Waals surface area contributed by atoms with Crippen molar-refractivity contribution >= 4 is 23.2 Å². The number of rotatable bonds is 3. The van der Waals surface area contributed by atoms with Gasteiger partial charge >= 0.3 is 0 Å². The Labute approximate surface area is 93.3 Å². The highest BCUT2D eigenvalue weighted by Gasteiger charge is 2.15. The van der Waals surface area contributed by atoms with Gasteiger partial charge in [0.2, 0.25) is 5.95 Å². The summed E-state index contributed by atoms with van der Waals surface area (Å²) >= 11 is 0.767. The number of H-pyrrole nitrogens is 1. The molecule has 0 saturated carbocycles. The van der Waals surface area contributed by atoms with E-state index in [0.717, 1.165) is 11.3 Å². The van der Waals surface area contributed by atoms with Crippen molar-refractivity contribution in [1.82, 2.24) is 9.97 Å². The fraction of sp³-hybridized carbons (Fsp3) is 0.111. The molecule has 0 radical (unpaired) electrons. The summed E-state index contributed by atoms with van der Waals surface area (Å²) in [6, 6.07) is 2.61. The van der Waals surface area contributed by atoms with E-state index in [1.165, 1.54) is 18.3 Å². The third-order valence-electron chi connectivity index (χ3n) is 1.80. The molecule has 0 fully saturated rings. The highest BCUT2D eigenvalue weighted by molar-refractivity contribution is 7.14. The number of hydrogen-bond acceptors (Lipinski definition) is 3. The summed E-state index contributed by atoms with van der Waals surface area (Å²) in [4.78, 5) is 18.1. The second-order valence-corrected chi connectivity index (χ2v) is 4.01. The maximum absolute atomic E-state index is 12.3. The van der Waals surface area contributed by atoms with Crippen LogP contribution in [0.15, 0.2) is 24.5 Å². The minimum atomic E-state index is -2.55. The number of anilines is 1. The fourth-order valence-electron chi connectivity index (χ4n) is 1.09. The number of hydrogen-bond donors (Lipinski definition) is 2. The van der Waals surface area contributed by atoms with E-state index in [2.05, 4.69) is 15.3 Å². The number of thiophene rings is 1. The molecule has 16 heavy (non-hydrogen) atoms. The average Bonchev–Trinajstić information content (AvgIpc) is 2.86. The molecule has 0 aliphatic rings. The first-order chi connectivity index (χ1) is 7.66. The van der Waals surface area contributed by atoms with Crippen LogP contribution in [0.4, 0.5) is 14.7 Å². The minimum absolute atomic E-state index is 0.121. The first kappa shape index (κ1) is 10.7. The molecule has 0 aromatic carbocycles. The van der Waals surface area contributed by atoms with Gasteiger partial charge in [-0.1, -0.05) is 0 Å². The molecule has 0 aliphatic heterocycles. The molecule has 0 unspecified atom stereocenters. The molecule has 2 rings (SSSR count). The Morgan fingerprint density at radius 1 is 1.50 bits per heavy atom. The van der Waals surface area contributed by atoms with Gasteiger partial charge in [-0.2, -0.15) is 0 Å². The molecular formula is C9H7F2N3OS. The van der Waals surface area contributed by atoms with Gasteiger partial charge in [-0.15, -0.1) is 11.3 Å². The predicted octanol–water partition coefficient (Wildman–Crippen LogP) is 2.66. The van der Waals surface area contributed by atoms with E-state index < -0.39 is 12.3 Å². The van der Waals surface area contributed by atoms with E-state index in [1.807, 2.05) is 0 Å². The fourth-order valence-corrected chi connectivity index (χ4v) is 1.85. The Morgan fingerprint density at radius 2 is 2.31 bits per heavy atom. The molecular weight excluding hydrogens is 236 g/mol. The Bertz CT molecular complexity index is 481. The lowest BCUT2D eigenvalue weighted by atomic mass is 10.4. The van der Waals surface area contributed by atoms with E-state index in [-0.39, 0.29) is 15.7 Å². The van der Waals surface area contributed by atoms with Crippen molar-refractivity contribution in [2.75, 3.05) is 5.32 Å². The number of aromatic nitrogens is 2.